The van der Waals surface area contributed by atoms with E-state index < -0.39 is 5.66 Å². The summed E-state index contributed by atoms with van der Waals surface area (Å²) in [5.74, 6) is 1.61. The Morgan fingerprint density at radius 2 is 1.62 bits per heavy atom. The molecule has 32 heavy (non-hydrogen) atoms. The number of amides is 1. The van der Waals surface area contributed by atoms with E-state index in [4.69, 9.17) is 19.5 Å². The molecule has 2 aromatic carbocycles. The number of aliphatic imine (C=N–C) groups is 2. The van der Waals surface area contributed by atoms with Gasteiger partial charge in [0.15, 0.2) is 5.66 Å². The highest BCUT2D eigenvalue weighted by molar-refractivity contribution is 8.16. The lowest BCUT2D eigenvalue weighted by Crippen LogP contribution is -2.20. The van der Waals surface area contributed by atoms with Crippen LogP contribution in [0.3, 0.4) is 0 Å². The number of rotatable bonds is 6. The summed E-state index contributed by atoms with van der Waals surface area (Å²) in [6.45, 7) is 0. The van der Waals surface area contributed by atoms with E-state index >= 15 is 0 Å². The molecule has 4 rings (SSSR count). The standard InChI is InChI=1S/C25H29N3O3S/c1-30-20-14-18(15-21(16-20)31-2)23-24(28-25(27-23)12-8-3-4-9-13-25)32-17-22(29)26-19-10-6-5-7-11-19/h5-7,10-11,14-16H,3-4,8-9,12-13,17H2,1-2H3,(H,26,29). The zero-order valence-corrected chi connectivity index (χ0v) is 19.4. The average molecular weight is 452 g/mol. The van der Waals surface area contributed by atoms with Gasteiger partial charge in [-0.1, -0.05) is 42.8 Å². The first-order chi connectivity index (χ1) is 15.6. The molecule has 0 radical (unpaired) electrons. The van der Waals surface area contributed by atoms with Gasteiger partial charge in [0.2, 0.25) is 5.91 Å². The van der Waals surface area contributed by atoms with Gasteiger partial charge in [-0.05, 0) is 49.9 Å². The number of anilines is 1. The summed E-state index contributed by atoms with van der Waals surface area (Å²) in [6, 6.07) is 15.2. The van der Waals surface area contributed by atoms with E-state index in [-0.39, 0.29) is 11.7 Å². The van der Waals surface area contributed by atoms with Crippen molar-refractivity contribution in [3.8, 4) is 11.5 Å². The van der Waals surface area contributed by atoms with Gasteiger partial charge in [0.05, 0.1) is 25.7 Å². The Morgan fingerprint density at radius 1 is 0.969 bits per heavy atom. The second-order valence-electron chi connectivity index (χ2n) is 8.08. The fourth-order valence-corrected chi connectivity index (χ4v) is 5.00. The summed E-state index contributed by atoms with van der Waals surface area (Å²) >= 11 is 1.44. The SMILES string of the molecule is COc1cc(OC)cc(C2=NC3(CCCCCC3)N=C2SCC(=O)Nc2ccccc2)c1. The van der Waals surface area contributed by atoms with Crippen LogP contribution in [0.25, 0.3) is 0 Å². The summed E-state index contributed by atoms with van der Waals surface area (Å²) in [5, 5.41) is 3.75. The van der Waals surface area contributed by atoms with Crippen LogP contribution >= 0.6 is 11.8 Å². The maximum absolute atomic E-state index is 12.6. The quantitative estimate of drug-likeness (QED) is 0.645. The topological polar surface area (TPSA) is 72.3 Å². The number of ether oxygens (including phenoxy) is 2. The minimum absolute atomic E-state index is 0.0618. The molecule has 7 heteroatoms. The molecule has 0 bridgehead atoms. The molecule has 1 heterocycles. The van der Waals surface area contributed by atoms with Crippen LogP contribution in [0, 0.1) is 0 Å². The van der Waals surface area contributed by atoms with Gasteiger partial charge in [-0.25, -0.2) is 4.99 Å². The third kappa shape index (κ3) is 5.33. The Balaban J connectivity index is 1.59. The van der Waals surface area contributed by atoms with Crippen LogP contribution in [0.15, 0.2) is 58.5 Å². The van der Waals surface area contributed by atoms with Gasteiger partial charge >= 0.3 is 0 Å². The lowest BCUT2D eigenvalue weighted by Gasteiger charge is -2.20. The Morgan fingerprint density at radius 3 is 2.25 bits per heavy atom. The van der Waals surface area contributed by atoms with Crippen molar-refractivity contribution in [2.24, 2.45) is 9.98 Å². The number of nitrogens with zero attached hydrogens (tertiary/aromatic N) is 2. The monoisotopic (exact) mass is 451 g/mol. The molecule has 1 aliphatic carbocycles. The van der Waals surface area contributed by atoms with Crippen molar-refractivity contribution >= 4 is 34.1 Å². The predicted octanol–water partition coefficient (Wildman–Crippen LogP) is 5.33. The third-order valence-corrected chi connectivity index (χ3v) is 6.72. The van der Waals surface area contributed by atoms with E-state index in [9.17, 15) is 4.79 Å². The summed E-state index contributed by atoms with van der Waals surface area (Å²) in [6.07, 6.45) is 6.56. The Hall–Kier alpha value is -2.80. The predicted molar refractivity (Wildman–Crippen MR) is 131 cm³/mol. The van der Waals surface area contributed by atoms with Crippen molar-refractivity contribution in [1.29, 1.82) is 0 Å². The van der Waals surface area contributed by atoms with Gasteiger partial charge < -0.3 is 14.8 Å². The molecule has 1 aliphatic heterocycles. The molecule has 1 fully saturated rings. The van der Waals surface area contributed by atoms with Crippen molar-refractivity contribution in [1.82, 2.24) is 0 Å². The lowest BCUT2D eigenvalue weighted by molar-refractivity contribution is -0.113. The molecule has 2 aliphatic rings. The highest BCUT2D eigenvalue weighted by atomic mass is 32.2. The first-order valence-electron chi connectivity index (χ1n) is 11.0. The number of hydrogen-bond acceptors (Lipinski definition) is 6. The number of nitrogens with one attached hydrogen (secondary N) is 1. The molecule has 0 saturated heterocycles. The normalized spacial score (nSPS) is 17.3. The van der Waals surface area contributed by atoms with Crippen LogP contribution in [-0.2, 0) is 4.79 Å². The van der Waals surface area contributed by atoms with Gasteiger partial charge in [0, 0.05) is 17.3 Å². The van der Waals surface area contributed by atoms with E-state index in [1.807, 2.05) is 48.5 Å². The second kappa shape index (κ2) is 10.2. The summed E-state index contributed by atoms with van der Waals surface area (Å²) < 4.78 is 10.9. The van der Waals surface area contributed by atoms with Gasteiger partial charge in [-0.3, -0.25) is 9.79 Å². The number of para-hydroxylation sites is 1. The van der Waals surface area contributed by atoms with Gasteiger partial charge in [0.1, 0.15) is 16.5 Å². The van der Waals surface area contributed by atoms with E-state index in [0.29, 0.717) is 11.5 Å². The van der Waals surface area contributed by atoms with Crippen molar-refractivity contribution in [3.05, 3.63) is 54.1 Å². The molecular weight excluding hydrogens is 422 g/mol. The van der Waals surface area contributed by atoms with Crippen LogP contribution in [0.5, 0.6) is 11.5 Å². The zero-order valence-electron chi connectivity index (χ0n) is 18.6. The van der Waals surface area contributed by atoms with E-state index in [0.717, 1.165) is 47.7 Å². The van der Waals surface area contributed by atoms with Crippen LogP contribution < -0.4 is 14.8 Å². The molecule has 1 amide bonds. The smallest absolute Gasteiger partial charge is 0.234 e. The van der Waals surface area contributed by atoms with E-state index in [1.165, 1.54) is 24.6 Å². The van der Waals surface area contributed by atoms with Gasteiger partial charge in [-0.2, -0.15) is 0 Å². The first-order valence-corrected chi connectivity index (χ1v) is 12.0. The van der Waals surface area contributed by atoms with Crippen LogP contribution in [0.2, 0.25) is 0 Å². The van der Waals surface area contributed by atoms with Crippen molar-refractivity contribution < 1.29 is 14.3 Å². The highest BCUT2D eigenvalue weighted by Gasteiger charge is 2.37. The third-order valence-electron chi connectivity index (χ3n) is 5.76. The van der Waals surface area contributed by atoms with Gasteiger partial charge in [0.25, 0.3) is 0 Å². The second-order valence-corrected chi connectivity index (χ2v) is 9.04. The van der Waals surface area contributed by atoms with Crippen LogP contribution in [-0.4, -0.2) is 42.3 Å². The largest absolute Gasteiger partial charge is 0.497 e. The molecule has 0 atom stereocenters. The highest BCUT2D eigenvalue weighted by Crippen LogP contribution is 2.38. The Labute approximate surface area is 193 Å². The molecule has 0 aromatic heterocycles. The minimum atomic E-state index is -0.416. The summed E-state index contributed by atoms with van der Waals surface area (Å²) in [4.78, 5) is 22.8. The Bertz CT molecular complexity index is 990. The van der Waals surface area contributed by atoms with Crippen LogP contribution in [0.1, 0.15) is 44.1 Å². The van der Waals surface area contributed by atoms with Crippen molar-refractivity contribution in [2.45, 2.75) is 44.2 Å². The fraction of sp³-hybridized carbons (Fsp3) is 0.400. The summed E-state index contributed by atoms with van der Waals surface area (Å²) in [5.41, 5.74) is 2.09. The number of hydrogen-bond donors (Lipinski definition) is 1. The minimum Gasteiger partial charge on any atom is -0.497 e. The van der Waals surface area contributed by atoms with E-state index in [2.05, 4.69) is 5.32 Å². The molecular formula is C25H29N3O3S. The van der Waals surface area contributed by atoms with Crippen molar-refractivity contribution in [3.63, 3.8) is 0 Å². The molecule has 1 saturated carbocycles. The molecule has 1 N–H and O–H groups in total. The molecule has 6 nitrogen and oxygen atoms in total. The molecule has 0 unspecified atom stereocenters. The van der Waals surface area contributed by atoms with E-state index in [1.54, 1.807) is 14.2 Å². The maximum Gasteiger partial charge on any atom is 0.234 e. The molecule has 168 valence electrons. The number of carbonyl (C=O) groups excluding carboxylic acids is 1. The first kappa shape index (κ1) is 22.4. The molecule has 1 spiro atoms. The number of methoxy groups -OCH3 is 2. The average Bonchev–Trinajstić information content (AvgIpc) is 3.02. The molecule has 2 aromatic rings. The number of benzene rings is 2. The summed E-state index contributed by atoms with van der Waals surface area (Å²) in [7, 11) is 3.28. The Kier molecular flexibility index (Phi) is 7.15. The van der Waals surface area contributed by atoms with Crippen LogP contribution in [0.4, 0.5) is 5.69 Å². The van der Waals surface area contributed by atoms with Crippen molar-refractivity contribution in [2.75, 3.05) is 25.3 Å². The number of carbonyl (C=O) groups is 1. The number of thioether (sulfide) groups is 1. The zero-order chi connectivity index (χ0) is 22.4. The maximum atomic E-state index is 12.6. The van der Waals surface area contributed by atoms with Gasteiger partial charge in [-0.15, -0.1) is 0 Å². The fourth-order valence-electron chi connectivity index (χ4n) is 4.13. The lowest BCUT2D eigenvalue weighted by atomic mass is 10.0.